The molecule has 0 nitrogen and oxygen atoms in total. The number of hydrogen-bond acceptors (Lipinski definition) is 1. The third-order valence-corrected chi connectivity index (χ3v) is 2.07. The first kappa shape index (κ1) is 13.1. The molecule has 0 radical (unpaired) electrons. The first-order chi connectivity index (χ1) is 7.05. The number of benzene rings is 1. The summed E-state index contributed by atoms with van der Waals surface area (Å²) in [5.41, 5.74) is -4.45. The summed E-state index contributed by atoms with van der Waals surface area (Å²) in [7, 11) is 0. The standard InChI is InChI=1S/C8H3F7S/c9-3-1-2-4(16)6(8(13,14)15)5(3)7(10,11)12/h1-2,16H. The highest BCUT2D eigenvalue weighted by molar-refractivity contribution is 7.80. The van der Waals surface area contributed by atoms with Crippen molar-refractivity contribution in [2.45, 2.75) is 17.2 Å². The molecule has 1 aromatic carbocycles. The van der Waals surface area contributed by atoms with E-state index in [1.807, 2.05) is 0 Å². The van der Waals surface area contributed by atoms with Crippen LogP contribution in [-0.4, -0.2) is 0 Å². The van der Waals surface area contributed by atoms with Crippen molar-refractivity contribution in [2.75, 3.05) is 0 Å². The smallest absolute Gasteiger partial charge is 0.206 e. The summed E-state index contributed by atoms with van der Waals surface area (Å²) in [5, 5.41) is 0. The fraction of sp³-hybridized carbons (Fsp3) is 0.250. The van der Waals surface area contributed by atoms with Crippen LogP contribution in [0.25, 0.3) is 0 Å². The Morgan fingerprint density at radius 1 is 0.812 bits per heavy atom. The van der Waals surface area contributed by atoms with Crippen LogP contribution in [0.1, 0.15) is 11.1 Å². The third kappa shape index (κ3) is 2.42. The molecule has 0 heterocycles. The van der Waals surface area contributed by atoms with Gasteiger partial charge in [0.05, 0.1) is 5.56 Å². The van der Waals surface area contributed by atoms with Crippen LogP contribution in [0.2, 0.25) is 0 Å². The summed E-state index contributed by atoms with van der Waals surface area (Å²) in [6, 6.07) is 0.816. The van der Waals surface area contributed by atoms with Crippen molar-refractivity contribution in [3.05, 3.63) is 29.1 Å². The minimum absolute atomic E-state index is 0.292. The summed E-state index contributed by atoms with van der Waals surface area (Å²) in [6.45, 7) is 0. The van der Waals surface area contributed by atoms with E-state index in [-0.39, 0.29) is 0 Å². The molecule has 90 valence electrons. The Morgan fingerprint density at radius 3 is 1.56 bits per heavy atom. The van der Waals surface area contributed by atoms with Crippen LogP contribution in [0.5, 0.6) is 0 Å². The molecule has 0 aromatic heterocycles. The van der Waals surface area contributed by atoms with Gasteiger partial charge in [-0.25, -0.2) is 4.39 Å². The van der Waals surface area contributed by atoms with E-state index in [4.69, 9.17) is 0 Å². The minimum atomic E-state index is -5.42. The molecule has 0 saturated heterocycles. The molecule has 0 amide bonds. The largest absolute Gasteiger partial charge is 0.419 e. The SMILES string of the molecule is Fc1ccc(S)c(C(F)(F)F)c1C(F)(F)F. The van der Waals surface area contributed by atoms with Crippen LogP contribution in [0.15, 0.2) is 17.0 Å². The maximum atomic E-state index is 12.8. The van der Waals surface area contributed by atoms with Crippen LogP contribution in [-0.2, 0) is 12.4 Å². The van der Waals surface area contributed by atoms with E-state index in [9.17, 15) is 30.7 Å². The molecule has 0 spiro atoms. The van der Waals surface area contributed by atoms with Gasteiger partial charge in [0.15, 0.2) is 0 Å². The van der Waals surface area contributed by atoms with Gasteiger partial charge in [-0.2, -0.15) is 26.3 Å². The van der Waals surface area contributed by atoms with Gasteiger partial charge in [0, 0.05) is 4.90 Å². The van der Waals surface area contributed by atoms with Crippen LogP contribution in [0.4, 0.5) is 30.7 Å². The predicted molar refractivity (Wildman–Crippen MR) is 43.7 cm³/mol. The number of hydrogen-bond donors (Lipinski definition) is 1. The predicted octanol–water partition coefficient (Wildman–Crippen LogP) is 4.15. The number of thiol groups is 1. The van der Waals surface area contributed by atoms with Crippen molar-refractivity contribution >= 4 is 12.6 Å². The Labute approximate surface area is 90.5 Å². The fourth-order valence-electron chi connectivity index (χ4n) is 1.13. The van der Waals surface area contributed by atoms with Gasteiger partial charge < -0.3 is 0 Å². The molecule has 0 N–H and O–H groups in total. The quantitative estimate of drug-likeness (QED) is 0.528. The molecule has 0 aliphatic heterocycles. The summed E-state index contributed by atoms with van der Waals surface area (Å²) < 4.78 is 86.5. The average Bonchev–Trinajstić information content (AvgIpc) is 2.04. The molecule has 0 bridgehead atoms. The second-order valence-corrected chi connectivity index (χ2v) is 3.29. The summed E-state index contributed by atoms with van der Waals surface area (Å²) in [6.07, 6.45) is -10.7. The van der Waals surface area contributed by atoms with Crippen LogP contribution >= 0.6 is 12.6 Å². The zero-order valence-corrected chi connectivity index (χ0v) is 8.14. The average molecular weight is 264 g/mol. The maximum Gasteiger partial charge on any atom is 0.419 e. The lowest BCUT2D eigenvalue weighted by Crippen LogP contribution is -2.19. The molecule has 16 heavy (non-hydrogen) atoms. The monoisotopic (exact) mass is 264 g/mol. The van der Waals surface area contributed by atoms with Crippen molar-refractivity contribution in [3.63, 3.8) is 0 Å². The molecule has 0 unspecified atom stereocenters. The van der Waals surface area contributed by atoms with Crippen LogP contribution in [0, 0.1) is 5.82 Å². The molecule has 1 aromatic rings. The number of halogens is 7. The lowest BCUT2D eigenvalue weighted by atomic mass is 10.1. The first-order valence-electron chi connectivity index (χ1n) is 3.71. The molecule has 8 heteroatoms. The van der Waals surface area contributed by atoms with Crippen LogP contribution < -0.4 is 0 Å². The van der Waals surface area contributed by atoms with Gasteiger partial charge >= 0.3 is 12.4 Å². The van der Waals surface area contributed by atoms with Gasteiger partial charge in [-0.1, -0.05) is 0 Å². The molecule has 0 atom stereocenters. The summed E-state index contributed by atoms with van der Waals surface area (Å²) in [4.78, 5) is -0.971. The molecular formula is C8H3F7S. The van der Waals surface area contributed by atoms with Gasteiger partial charge in [-0.05, 0) is 12.1 Å². The Balaban J connectivity index is 3.64. The van der Waals surface area contributed by atoms with Gasteiger partial charge in [-0.15, -0.1) is 12.6 Å². The highest BCUT2D eigenvalue weighted by Gasteiger charge is 2.46. The van der Waals surface area contributed by atoms with Crippen molar-refractivity contribution in [2.24, 2.45) is 0 Å². The molecule has 0 fully saturated rings. The van der Waals surface area contributed by atoms with Crippen LogP contribution in [0.3, 0.4) is 0 Å². The normalized spacial score (nSPS) is 13.0. The van der Waals surface area contributed by atoms with Gasteiger partial charge in [0.1, 0.15) is 11.4 Å². The van der Waals surface area contributed by atoms with E-state index in [0.717, 1.165) is 0 Å². The molecule has 1 rings (SSSR count). The zero-order valence-electron chi connectivity index (χ0n) is 7.25. The zero-order chi connectivity index (χ0) is 12.7. The highest BCUT2D eigenvalue weighted by Crippen LogP contribution is 2.44. The lowest BCUT2D eigenvalue weighted by molar-refractivity contribution is -0.165. The second-order valence-electron chi connectivity index (χ2n) is 2.81. The highest BCUT2D eigenvalue weighted by atomic mass is 32.1. The van der Waals surface area contributed by atoms with E-state index in [2.05, 4.69) is 12.6 Å². The fourth-order valence-corrected chi connectivity index (χ4v) is 1.44. The topological polar surface area (TPSA) is 0 Å². The van der Waals surface area contributed by atoms with Gasteiger partial charge in [0.25, 0.3) is 0 Å². The van der Waals surface area contributed by atoms with E-state index < -0.39 is 34.2 Å². The van der Waals surface area contributed by atoms with Crippen molar-refractivity contribution < 1.29 is 30.7 Å². The minimum Gasteiger partial charge on any atom is -0.206 e. The summed E-state index contributed by atoms with van der Waals surface area (Å²) in [5.74, 6) is -1.97. The third-order valence-electron chi connectivity index (χ3n) is 1.70. The maximum absolute atomic E-state index is 12.8. The molecule has 0 saturated carbocycles. The van der Waals surface area contributed by atoms with Crippen molar-refractivity contribution in [1.82, 2.24) is 0 Å². The van der Waals surface area contributed by atoms with Crippen molar-refractivity contribution in [1.29, 1.82) is 0 Å². The Morgan fingerprint density at radius 2 is 1.25 bits per heavy atom. The summed E-state index contributed by atoms with van der Waals surface area (Å²) >= 11 is 3.25. The van der Waals surface area contributed by atoms with E-state index >= 15 is 0 Å². The van der Waals surface area contributed by atoms with E-state index in [1.165, 1.54) is 0 Å². The molecule has 0 aliphatic carbocycles. The first-order valence-corrected chi connectivity index (χ1v) is 4.15. The van der Waals surface area contributed by atoms with Crippen molar-refractivity contribution in [3.8, 4) is 0 Å². The molecule has 0 aliphatic rings. The second kappa shape index (κ2) is 3.83. The van der Waals surface area contributed by atoms with Gasteiger partial charge in [0.2, 0.25) is 0 Å². The Kier molecular flexibility index (Phi) is 3.15. The Hall–Kier alpha value is -0.920. The van der Waals surface area contributed by atoms with E-state index in [1.54, 1.807) is 0 Å². The number of rotatable bonds is 0. The number of alkyl halides is 6. The Bertz CT molecular complexity index is 365. The van der Waals surface area contributed by atoms with E-state index in [0.29, 0.717) is 12.1 Å². The van der Waals surface area contributed by atoms with Gasteiger partial charge in [-0.3, -0.25) is 0 Å². The molecular weight excluding hydrogens is 261 g/mol. The lowest BCUT2D eigenvalue weighted by Gasteiger charge is -2.17.